The fraction of sp³-hybridized carbons (Fsp3) is 0.0833. The molecule has 3 rings (SSSR count). The van der Waals surface area contributed by atoms with Crippen LogP contribution in [-0.2, 0) is 6.54 Å². The van der Waals surface area contributed by atoms with Crippen LogP contribution in [0.1, 0.15) is 11.4 Å². The molecule has 1 aromatic carbocycles. The summed E-state index contributed by atoms with van der Waals surface area (Å²) < 4.78 is 3.21. The van der Waals surface area contributed by atoms with E-state index < -0.39 is 4.92 Å². The van der Waals surface area contributed by atoms with Gasteiger partial charge in [-0.25, -0.2) is 9.67 Å². The lowest BCUT2D eigenvalue weighted by molar-refractivity contribution is -0.385. The van der Waals surface area contributed by atoms with Crippen molar-refractivity contribution >= 4 is 24.1 Å². The summed E-state index contributed by atoms with van der Waals surface area (Å²) in [4.78, 5) is 14.4. The summed E-state index contributed by atoms with van der Waals surface area (Å²) in [5, 5.41) is 25.9. The molecule has 0 atom stereocenters. The Morgan fingerprint density at radius 1 is 1.43 bits per heavy atom. The fourth-order valence-electron chi connectivity index (χ4n) is 1.89. The Hall–Kier alpha value is -3.21. The second-order valence-corrected chi connectivity index (χ2v) is 4.80. The van der Waals surface area contributed by atoms with Crippen molar-refractivity contribution in [2.24, 2.45) is 5.10 Å². The first-order chi connectivity index (χ1) is 11.1. The number of nitrogens with zero attached hydrogens (tertiary/aromatic N) is 7. The van der Waals surface area contributed by atoms with Crippen molar-refractivity contribution in [3.63, 3.8) is 0 Å². The Bertz CT molecular complexity index is 911. The number of nitro groups is 1. The highest BCUT2D eigenvalue weighted by atomic mass is 32.1. The molecule has 0 aliphatic rings. The van der Waals surface area contributed by atoms with Gasteiger partial charge in [0.15, 0.2) is 5.82 Å². The Morgan fingerprint density at radius 2 is 2.26 bits per heavy atom. The monoisotopic (exact) mass is 330 g/mol. The number of hydrogen-bond acceptors (Lipinski definition) is 7. The minimum absolute atomic E-state index is 0.0379. The van der Waals surface area contributed by atoms with Crippen LogP contribution in [0.4, 0.5) is 5.69 Å². The maximum absolute atomic E-state index is 11.0. The number of aromatic nitrogens is 6. The van der Waals surface area contributed by atoms with Crippen LogP contribution in [0.3, 0.4) is 0 Å². The first-order valence-corrected chi connectivity index (χ1v) is 6.82. The highest BCUT2D eigenvalue weighted by molar-refractivity contribution is 7.71. The van der Waals surface area contributed by atoms with Crippen LogP contribution in [0.25, 0.3) is 0 Å². The van der Waals surface area contributed by atoms with Crippen LogP contribution >= 0.6 is 12.2 Å². The van der Waals surface area contributed by atoms with Gasteiger partial charge < -0.3 is 0 Å². The summed E-state index contributed by atoms with van der Waals surface area (Å²) in [6.07, 6.45) is 4.31. The average molecular weight is 330 g/mol. The van der Waals surface area contributed by atoms with E-state index >= 15 is 0 Å². The fourth-order valence-corrected chi connectivity index (χ4v) is 2.09. The van der Waals surface area contributed by atoms with Gasteiger partial charge in [0.05, 0.1) is 16.7 Å². The summed E-state index contributed by atoms with van der Waals surface area (Å²) in [7, 11) is 0. The van der Waals surface area contributed by atoms with E-state index in [1.165, 1.54) is 29.6 Å². The van der Waals surface area contributed by atoms with E-state index in [-0.39, 0.29) is 10.5 Å². The van der Waals surface area contributed by atoms with Crippen LogP contribution < -0.4 is 0 Å². The van der Waals surface area contributed by atoms with Crippen molar-refractivity contribution in [2.75, 3.05) is 0 Å². The van der Waals surface area contributed by atoms with Gasteiger partial charge in [0.25, 0.3) is 5.69 Å². The molecule has 0 saturated heterocycles. The van der Waals surface area contributed by atoms with Gasteiger partial charge >= 0.3 is 0 Å². The quantitative estimate of drug-likeness (QED) is 0.326. The van der Waals surface area contributed by atoms with Gasteiger partial charge in [0.2, 0.25) is 4.77 Å². The highest BCUT2D eigenvalue weighted by Crippen LogP contribution is 2.15. The highest BCUT2D eigenvalue weighted by Gasteiger charge is 2.11. The second-order valence-electron chi connectivity index (χ2n) is 4.41. The lowest BCUT2D eigenvalue weighted by Crippen LogP contribution is -2.07. The zero-order valence-electron chi connectivity index (χ0n) is 11.6. The van der Waals surface area contributed by atoms with Crippen LogP contribution in [0.15, 0.2) is 42.0 Å². The molecule has 2 heterocycles. The van der Waals surface area contributed by atoms with Gasteiger partial charge in [-0.05, 0) is 18.3 Å². The van der Waals surface area contributed by atoms with Crippen LogP contribution in [0, 0.1) is 14.9 Å². The molecule has 0 saturated carbocycles. The van der Waals surface area contributed by atoms with Gasteiger partial charge in [-0.15, -0.1) is 0 Å². The Morgan fingerprint density at radius 3 is 3.00 bits per heavy atom. The van der Waals surface area contributed by atoms with Crippen LogP contribution in [-0.4, -0.2) is 40.8 Å². The van der Waals surface area contributed by atoms with Crippen LogP contribution in [0.5, 0.6) is 0 Å². The van der Waals surface area contributed by atoms with Crippen molar-refractivity contribution in [1.29, 1.82) is 0 Å². The standard InChI is InChI=1S/C12H10N8O2S/c21-20(22)10-4-2-1-3-9(10)5-14-19-11(16-17-12(19)23)6-18-8-13-7-15-18/h1-5,7-8H,6H2,(H,17,23)/b14-5+. The molecule has 11 heteroatoms. The van der Waals surface area contributed by atoms with E-state index in [9.17, 15) is 10.1 Å². The van der Waals surface area contributed by atoms with Gasteiger partial charge in [-0.1, -0.05) is 12.1 Å². The zero-order chi connectivity index (χ0) is 16.2. The molecule has 10 nitrogen and oxygen atoms in total. The Balaban J connectivity index is 1.93. The van der Waals surface area contributed by atoms with E-state index in [1.54, 1.807) is 22.9 Å². The molecule has 0 radical (unpaired) electrons. The molecule has 0 fully saturated rings. The molecule has 0 unspecified atom stereocenters. The van der Waals surface area contributed by atoms with Crippen molar-refractivity contribution in [2.45, 2.75) is 6.54 Å². The minimum Gasteiger partial charge on any atom is -0.258 e. The van der Waals surface area contributed by atoms with Crippen LogP contribution in [0.2, 0.25) is 0 Å². The lowest BCUT2D eigenvalue weighted by atomic mass is 10.2. The number of nitrogens with one attached hydrogen (secondary N) is 1. The van der Waals surface area contributed by atoms with E-state index in [2.05, 4.69) is 25.4 Å². The molecule has 116 valence electrons. The Kier molecular flexibility index (Phi) is 4.01. The third kappa shape index (κ3) is 3.18. The molecule has 0 bridgehead atoms. The van der Waals surface area contributed by atoms with Crippen molar-refractivity contribution in [3.8, 4) is 0 Å². The van der Waals surface area contributed by atoms with Crippen molar-refractivity contribution < 1.29 is 4.92 Å². The number of aromatic amines is 1. The number of benzene rings is 1. The lowest BCUT2D eigenvalue weighted by Gasteiger charge is -2.01. The topological polar surface area (TPSA) is 120 Å². The summed E-state index contributed by atoms with van der Waals surface area (Å²) >= 11 is 5.12. The predicted molar refractivity (Wildman–Crippen MR) is 82.6 cm³/mol. The number of para-hydroxylation sites is 1. The number of hydrogen-bond donors (Lipinski definition) is 1. The number of H-pyrrole nitrogens is 1. The summed E-state index contributed by atoms with van der Waals surface area (Å²) in [5.41, 5.74) is 0.330. The summed E-state index contributed by atoms with van der Waals surface area (Å²) in [6.45, 7) is 0.307. The first kappa shape index (κ1) is 14.7. The largest absolute Gasteiger partial charge is 0.278 e. The van der Waals surface area contributed by atoms with Gasteiger partial charge in [0, 0.05) is 6.07 Å². The smallest absolute Gasteiger partial charge is 0.258 e. The molecule has 0 spiro atoms. The minimum atomic E-state index is -0.466. The van der Waals surface area contributed by atoms with Crippen molar-refractivity contribution in [1.82, 2.24) is 29.6 Å². The molecule has 0 aliphatic heterocycles. The molecular formula is C12H10N8O2S. The molecular weight excluding hydrogens is 320 g/mol. The third-order valence-corrected chi connectivity index (χ3v) is 3.20. The zero-order valence-corrected chi connectivity index (χ0v) is 12.4. The molecule has 1 N–H and O–H groups in total. The average Bonchev–Trinajstić information content (AvgIpc) is 3.17. The van der Waals surface area contributed by atoms with Gasteiger partial charge in [0.1, 0.15) is 19.2 Å². The SMILES string of the molecule is O=[N+]([O-])c1ccccc1/C=N/n1c(Cn2cncn2)n[nH]c1=S. The first-order valence-electron chi connectivity index (χ1n) is 6.41. The maximum atomic E-state index is 11.0. The molecule has 2 aromatic heterocycles. The number of nitro benzene ring substituents is 1. The maximum Gasteiger partial charge on any atom is 0.278 e. The summed E-state index contributed by atoms with van der Waals surface area (Å²) in [6, 6.07) is 6.29. The molecule has 3 aromatic rings. The van der Waals surface area contributed by atoms with Gasteiger partial charge in [-0.3, -0.25) is 15.2 Å². The Labute approximate surface area is 134 Å². The van der Waals surface area contributed by atoms with E-state index in [1.807, 2.05) is 0 Å². The normalized spacial score (nSPS) is 11.1. The number of rotatable bonds is 5. The molecule has 0 aliphatic carbocycles. The van der Waals surface area contributed by atoms with E-state index in [4.69, 9.17) is 12.2 Å². The molecule has 23 heavy (non-hydrogen) atoms. The van der Waals surface area contributed by atoms with Gasteiger partial charge in [-0.2, -0.15) is 20.0 Å². The summed E-state index contributed by atoms with van der Waals surface area (Å²) in [5.74, 6) is 0.496. The van der Waals surface area contributed by atoms with E-state index in [0.29, 0.717) is 17.9 Å². The third-order valence-electron chi connectivity index (χ3n) is 2.93. The van der Waals surface area contributed by atoms with Crippen molar-refractivity contribution in [3.05, 3.63) is 63.2 Å². The van der Waals surface area contributed by atoms with E-state index in [0.717, 1.165) is 0 Å². The second kappa shape index (κ2) is 6.27. The predicted octanol–water partition coefficient (Wildman–Crippen LogP) is 1.37. The molecule has 0 amide bonds.